The zero-order valence-corrected chi connectivity index (χ0v) is 9.19. The van der Waals surface area contributed by atoms with Crippen molar-refractivity contribution in [3.8, 4) is 0 Å². The number of thioether (sulfide) groups is 1. The number of nitrogens with two attached hydrogens (primary N) is 2. The van der Waals surface area contributed by atoms with Crippen LogP contribution in [-0.2, 0) is 6.54 Å². The molecule has 0 spiro atoms. The molecule has 1 rings (SSSR count). The van der Waals surface area contributed by atoms with Gasteiger partial charge in [-0.25, -0.2) is 4.98 Å². The van der Waals surface area contributed by atoms with E-state index in [1.165, 1.54) is 0 Å². The summed E-state index contributed by atoms with van der Waals surface area (Å²) in [4.78, 5) is 4.12. The van der Waals surface area contributed by atoms with Crippen LogP contribution in [0.5, 0.6) is 0 Å². The molecule has 1 heterocycles. The van der Waals surface area contributed by atoms with Crippen LogP contribution in [0.3, 0.4) is 0 Å². The van der Waals surface area contributed by atoms with Crippen LogP contribution in [-0.4, -0.2) is 11.2 Å². The van der Waals surface area contributed by atoms with E-state index >= 15 is 0 Å². The molecule has 1 aromatic rings. The highest BCUT2D eigenvalue weighted by Crippen LogP contribution is 2.18. The number of hydrogen-bond acceptors (Lipinski definition) is 4. The first-order valence-corrected chi connectivity index (χ1v) is 5.50. The second-order valence-electron chi connectivity index (χ2n) is 2.11. The minimum Gasteiger partial charge on any atom is -0.384 e. The van der Waals surface area contributed by atoms with Crippen LogP contribution in [0.15, 0.2) is 17.2 Å². The lowest BCUT2D eigenvalue weighted by molar-refractivity contribution is 0.970. The van der Waals surface area contributed by atoms with Gasteiger partial charge in [-0.05, 0) is 17.9 Å². The van der Waals surface area contributed by atoms with Gasteiger partial charge < -0.3 is 11.5 Å². The molecule has 0 aromatic carbocycles. The maximum Gasteiger partial charge on any atom is 0.124 e. The van der Waals surface area contributed by atoms with E-state index in [0.717, 1.165) is 10.6 Å². The van der Waals surface area contributed by atoms with Gasteiger partial charge in [-0.15, -0.1) is 11.8 Å². The molecule has 0 aliphatic carbocycles. The maximum absolute atomic E-state index is 5.49. The molecule has 0 saturated carbocycles. The van der Waals surface area contributed by atoms with Gasteiger partial charge in [0.1, 0.15) is 10.8 Å². The van der Waals surface area contributed by atoms with Crippen molar-refractivity contribution in [2.45, 2.75) is 25.4 Å². The first-order chi connectivity index (χ1) is 6.27. The number of anilines is 1. The molecule has 13 heavy (non-hydrogen) atoms. The van der Waals surface area contributed by atoms with Crippen molar-refractivity contribution in [3.63, 3.8) is 0 Å². The Morgan fingerprint density at radius 3 is 2.46 bits per heavy atom. The fourth-order valence-electron chi connectivity index (χ4n) is 0.816. The zero-order valence-electron chi connectivity index (χ0n) is 8.37. The Hall–Kier alpha value is -0.740. The molecule has 0 radical (unpaired) electrons. The van der Waals surface area contributed by atoms with Crippen LogP contribution in [0.25, 0.3) is 0 Å². The first-order valence-electron chi connectivity index (χ1n) is 4.27. The molecule has 0 saturated heterocycles. The second kappa shape index (κ2) is 6.74. The van der Waals surface area contributed by atoms with Crippen LogP contribution < -0.4 is 11.5 Å². The summed E-state index contributed by atoms with van der Waals surface area (Å²) in [6, 6.07) is 3.68. The van der Waals surface area contributed by atoms with Gasteiger partial charge in [-0.2, -0.15) is 0 Å². The fraction of sp³-hybridized carbons (Fsp3) is 0.444. The lowest BCUT2D eigenvalue weighted by atomic mass is 10.3. The first kappa shape index (κ1) is 12.3. The lowest BCUT2D eigenvalue weighted by Gasteiger charge is -2.03. The highest BCUT2D eigenvalue weighted by molar-refractivity contribution is 7.98. The van der Waals surface area contributed by atoms with Gasteiger partial charge in [-0.3, -0.25) is 0 Å². The van der Waals surface area contributed by atoms with E-state index in [1.807, 2.05) is 26.2 Å². The van der Waals surface area contributed by atoms with E-state index < -0.39 is 0 Å². The van der Waals surface area contributed by atoms with Crippen LogP contribution in [0.4, 0.5) is 5.82 Å². The van der Waals surface area contributed by atoms with E-state index in [1.54, 1.807) is 17.8 Å². The molecular weight excluding hydrogens is 182 g/mol. The molecule has 0 amide bonds. The zero-order chi connectivity index (χ0) is 10.3. The van der Waals surface area contributed by atoms with E-state index in [2.05, 4.69) is 4.98 Å². The third-order valence-electron chi connectivity index (χ3n) is 1.37. The summed E-state index contributed by atoms with van der Waals surface area (Å²) in [5.41, 5.74) is 12.0. The molecule has 74 valence electrons. The summed E-state index contributed by atoms with van der Waals surface area (Å²) in [5, 5.41) is 0.924. The number of nitrogens with zero attached hydrogens (tertiary/aromatic N) is 1. The summed E-state index contributed by atoms with van der Waals surface area (Å²) >= 11 is 1.56. The third kappa shape index (κ3) is 3.65. The topological polar surface area (TPSA) is 64.9 Å². The molecule has 3 nitrogen and oxygen atoms in total. The molecule has 0 fully saturated rings. The Kier molecular flexibility index (Phi) is 6.36. The monoisotopic (exact) mass is 199 g/mol. The van der Waals surface area contributed by atoms with Crippen molar-refractivity contribution in [3.05, 3.63) is 17.7 Å². The van der Waals surface area contributed by atoms with E-state index in [0.29, 0.717) is 12.4 Å². The van der Waals surface area contributed by atoms with Crippen molar-refractivity contribution in [1.29, 1.82) is 0 Å². The van der Waals surface area contributed by atoms with Gasteiger partial charge in [0.15, 0.2) is 0 Å². The molecular formula is C9H17N3S. The smallest absolute Gasteiger partial charge is 0.124 e. The summed E-state index contributed by atoms with van der Waals surface area (Å²) < 4.78 is 0. The normalized spacial score (nSPS) is 8.92. The lowest BCUT2D eigenvalue weighted by Crippen LogP contribution is -2.01. The minimum atomic E-state index is 0.517. The summed E-state index contributed by atoms with van der Waals surface area (Å²) in [6.07, 6.45) is 1.96. The van der Waals surface area contributed by atoms with Gasteiger partial charge in [0.25, 0.3) is 0 Å². The van der Waals surface area contributed by atoms with Crippen molar-refractivity contribution in [2.24, 2.45) is 5.73 Å². The highest BCUT2D eigenvalue weighted by Gasteiger charge is 2.00. The van der Waals surface area contributed by atoms with E-state index in [4.69, 9.17) is 11.5 Å². The summed E-state index contributed by atoms with van der Waals surface area (Å²) in [7, 11) is 0. The van der Waals surface area contributed by atoms with Gasteiger partial charge >= 0.3 is 0 Å². The second-order valence-corrected chi connectivity index (χ2v) is 2.90. The molecule has 0 bridgehead atoms. The van der Waals surface area contributed by atoms with Crippen molar-refractivity contribution in [2.75, 3.05) is 12.0 Å². The molecule has 4 heteroatoms. The number of nitrogen functional groups attached to an aromatic ring is 1. The minimum absolute atomic E-state index is 0.517. The fourth-order valence-corrected chi connectivity index (χ4v) is 1.43. The van der Waals surface area contributed by atoms with Gasteiger partial charge in [0.05, 0.1) is 0 Å². The largest absolute Gasteiger partial charge is 0.384 e. The highest BCUT2D eigenvalue weighted by atomic mass is 32.2. The Morgan fingerprint density at radius 1 is 1.38 bits per heavy atom. The molecule has 0 aliphatic heterocycles. The summed E-state index contributed by atoms with van der Waals surface area (Å²) in [5.74, 6) is 0.548. The van der Waals surface area contributed by atoms with E-state index in [-0.39, 0.29) is 0 Å². The Bertz CT molecular complexity index is 251. The molecule has 0 unspecified atom stereocenters. The van der Waals surface area contributed by atoms with Gasteiger partial charge in [0.2, 0.25) is 0 Å². The number of pyridine rings is 1. The van der Waals surface area contributed by atoms with Gasteiger partial charge in [0, 0.05) is 6.54 Å². The van der Waals surface area contributed by atoms with E-state index in [9.17, 15) is 0 Å². The number of hydrogen-bond donors (Lipinski definition) is 2. The van der Waals surface area contributed by atoms with Crippen molar-refractivity contribution < 1.29 is 0 Å². The Balaban J connectivity index is 0.000000671. The van der Waals surface area contributed by atoms with Crippen molar-refractivity contribution >= 4 is 17.6 Å². The molecule has 0 aliphatic rings. The quantitative estimate of drug-likeness (QED) is 0.714. The number of rotatable bonds is 2. The average Bonchev–Trinajstić information content (AvgIpc) is 2.20. The van der Waals surface area contributed by atoms with Crippen LogP contribution in [0, 0.1) is 0 Å². The van der Waals surface area contributed by atoms with Crippen molar-refractivity contribution in [1.82, 2.24) is 4.98 Å². The summed E-state index contributed by atoms with van der Waals surface area (Å²) in [6.45, 7) is 4.52. The molecule has 1 aromatic heterocycles. The number of aromatic nitrogens is 1. The van der Waals surface area contributed by atoms with Crippen LogP contribution in [0.1, 0.15) is 19.4 Å². The Morgan fingerprint density at radius 2 is 2.00 bits per heavy atom. The Labute approximate surface area is 83.9 Å². The average molecular weight is 199 g/mol. The molecule has 0 atom stereocenters. The maximum atomic E-state index is 5.49. The third-order valence-corrected chi connectivity index (χ3v) is 2.11. The molecule has 4 N–H and O–H groups in total. The standard InChI is InChI=1S/C7H11N3S.C2H6/c1-11-7-5(4-8)2-3-6(9)10-7;1-2/h2-3H,4,8H2,1H3,(H2,9,10);1-2H3. The van der Waals surface area contributed by atoms with Crippen LogP contribution >= 0.6 is 11.8 Å². The van der Waals surface area contributed by atoms with Crippen LogP contribution in [0.2, 0.25) is 0 Å². The predicted molar refractivity (Wildman–Crippen MR) is 59.7 cm³/mol. The van der Waals surface area contributed by atoms with Gasteiger partial charge in [-0.1, -0.05) is 19.9 Å². The predicted octanol–water partition coefficient (Wildman–Crippen LogP) is 1.87. The SMILES string of the molecule is CC.CSc1nc(N)ccc1CN.